The quantitative estimate of drug-likeness (QED) is 0.284. The number of carboxylic acid groups (broad SMARTS) is 1. The number of nitro groups is 1. The molecule has 2 amide bonds. The summed E-state index contributed by atoms with van der Waals surface area (Å²) in [5.74, 6) is -0.470. The van der Waals surface area contributed by atoms with Gasteiger partial charge in [-0.3, -0.25) is 20.2 Å². The van der Waals surface area contributed by atoms with Gasteiger partial charge in [0.05, 0.1) is 9.82 Å². The summed E-state index contributed by atoms with van der Waals surface area (Å²) < 4.78 is 0. The van der Waals surface area contributed by atoms with E-state index in [1.165, 1.54) is 18.2 Å². The molecule has 0 bridgehead atoms. The van der Waals surface area contributed by atoms with Crippen molar-refractivity contribution in [2.75, 3.05) is 10.6 Å². The lowest BCUT2D eigenvalue weighted by Gasteiger charge is -2.13. The molecule has 0 spiro atoms. The summed E-state index contributed by atoms with van der Waals surface area (Å²) in [5.41, 5.74) is 2.50. The number of nitrogens with zero attached hydrogens (tertiary/aromatic N) is 1. The van der Waals surface area contributed by atoms with E-state index >= 15 is 0 Å². The molecule has 0 aliphatic rings. The van der Waals surface area contributed by atoms with Crippen molar-refractivity contribution in [2.24, 2.45) is 0 Å². The molecule has 0 unspecified atom stereocenters. The first-order valence-corrected chi connectivity index (χ1v) is 10.5. The standard InChI is InChI=1S/C22H18ClN3O5S/c1-12-9-15(23)10-13(2)20(12)25-21(27)14-3-8-19(18(11-14)26(30)31)32-17-6-4-16(5-7-17)24-22(28)29/h3-11,24H,1-2H3,(H,25,27)(H,28,29). The topological polar surface area (TPSA) is 122 Å². The molecule has 3 rings (SSSR count). The summed E-state index contributed by atoms with van der Waals surface area (Å²) in [6.07, 6.45) is -1.18. The van der Waals surface area contributed by atoms with Gasteiger partial charge in [0.2, 0.25) is 0 Å². The molecule has 8 nitrogen and oxygen atoms in total. The first-order valence-electron chi connectivity index (χ1n) is 9.28. The van der Waals surface area contributed by atoms with E-state index in [0.29, 0.717) is 26.2 Å². The summed E-state index contributed by atoms with van der Waals surface area (Å²) in [6.45, 7) is 3.63. The van der Waals surface area contributed by atoms with Gasteiger partial charge in [-0.15, -0.1) is 0 Å². The maximum atomic E-state index is 12.7. The van der Waals surface area contributed by atoms with Crippen molar-refractivity contribution < 1.29 is 19.6 Å². The van der Waals surface area contributed by atoms with Crippen LogP contribution in [0.2, 0.25) is 5.02 Å². The average Bonchev–Trinajstić information content (AvgIpc) is 2.71. The Morgan fingerprint density at radius 2 is 1.62 bits per heavy atom. The van der Waals surface area contributed by atoms with E-state index < -0.39 is 16.9 Å². The number of aryl methyl sites for hydroxylation is 2. The van der Waals surface area contributed by atoms with Gasteiger partial charge in [0.1, 0.15) is 0 Å². The Balaban J connectivity index is 1.84. The number of hydrogen-bond donors (Lipinski definition) is 3. The lowest BCUT2D eigenvalue weighted by atomic mass is 10.1. The molecule has 32 heavy (non-hydrogen) atoms. The second-order valence-electron chi connectivity index (χ2n) is 6.86. The second kappa shape index (κ2) is 9.71. The first kappa shape index (κ1) is 23.1. The third kappa shape index (κ3) is 5.57. The van der Waals surface area contributed by atoms with Crippen LogP contribution in [0.4, 0.5) is 21.9 Å². The third-order valence-electron chi connectivity index (χ3n) is 4.49. The number of carbonyl (C=O) groups is 2. The van der Waals surface area contributed by atoms with Crippen LogP contribution in [0.15, 0.2) is 64.4 Å². The number of halogens is 1. The van der Waals surface area contributed by atoms with Gasteiger partial charge in [0, 0.05) is 32.9 Å². The smallest absolute Gasteiger partial charge is 0.409 e. The van der Waals surface area contributed by atoms with Gasteiger partial charge in [-0.25, -0.2) is 4.79 Å². The summed E-state index contributed by atoms with van der Waals surface area (Å²) in [4.78, 5) is 35.6. The predicted molar refractivity (Wildman–Crippen MR) is 124 cm³/mol. The zero-order valence-corrected chi connectivity index (χ0v) is 18.6. The number of nitrogens with one attached hydrogen (secondary N) is 2. The summed E-state index contributed by atoms with van der Waals surface area (Å²) in [7, 11) is 0. The molecule has 164 valence electrons. The molecule has 0 saturated heterocycles. The SMILES string of the molecule is Cc1cc(Cl)cc(C)c1NC(=O)c1ccc(Sc2ccc(NC(=O)O)cc2)c([N+](=O)[O-])c1. The normalized spacial score (nSPS) is 10.5. The lowest BCUT2D eigenvalue weighted by Crippen LogP contribution is -2.14. The van der Waals surface area contributed by atoms with Gasteiger partial charge in [-0.05, 0) is 73.5 Å². The van der Waals surface area contributed by atoms with Gasteiger partial charge in [0.25, 0.3) is 11.6 Å². The van der Waals surface area contributed by atoms with Crippen molar-refractivity contribution in [1.82, 2.24) is 0 Å². The molecule has 10 heteroatoms. The van der Waals surface area contributed by atoms with Crippen LogP contribution >= 0.6 is 23.4 Å². The minimum absolute atomic E-state index is 0.149. The molecule has 0 radical (unpaired) electrons. The van der Waals surface area contributed by atoms with E-state index in [4.69, 9.17) is 16.7 Å². The number of carbonyl (C=O) groups excluding carboxylic acids is 1. The Morgan fingerprint density at radius 3 is 2.19 bits per heavy atom. The highest BCUT2D eigenvalue weighted by atomic mass is 35.5. The number of rotatable bonds is 6. The van der Waals surface area contributed by atoms with Crippen molar-refractivity contribution >= 4 is 52.4 Å². The molecule has 3 aromatic rings. The van der Waals surface area contributed by atoms with E-state index in [1.807, 2.05) is 13.8 Å². The Morgan fingerprint density at radius 1 is 1.00 bits per heavy atom. The number of benzene rings is 3. The molecular weight excluding hydrogens is 454 g/mol. The monoisotopic (exact) mass is 471 g/mol. The van der Waals surface area contributed by atoms with E-state index in [1.54, 1.807) is 36.4 Å². The number of amides is 2. The van der Waals surface area contributed by atoms with E-state index in [-0.39, 0.29) is 11.3 Å². The van der Waals surface area contributed by atoms with E-state index in [2.05, 4.69) is 10.6 Å². The van der Waals surface area contributed by atoms with Gasteiger partial charge < -0.3 is 10.4 Å². The third-order valence-corrected chi connectivity index (χ3v) is 5.78. The maximum absolute atomic E-state index is 12.7. The maximum Gasteiger partial charge on any atom is 0.409 e. The minimum atomic E-state index is -1.18. The van der Waals surface area contributed by atoms with Gasteiger partial charge in [0.15, 0.2) is 0 Å². The van der Waals surface area contributed by atoms with E-state index in [9.17, 15) is 19.7 Å². The van der Waals surface area contributed by atoms with Gasteiger partial charge >= 0.3 is 6.09 Å². The van der Waals surface area contributed by atoms with Crippen LogP contribution in [-0.4, -0.2) is 22.0 Å². The molecule has 0 aliphatic carbocycles. The minimum Gasteiger partial charge on any atom is -0.465 e. The molecule has 0 heterocycles. The Bertz CT molecular complexity index is 1190. The highest BCUT2D eigenvalue weighted by Gasteiger charge is 2.19. The van der Waals surface area contributed by atoms with Crippen molar-refractivity contribution in [2.45, 2.75) is 23.6 Å². The first-order chi connectivity index (χ1) is 15.1. The van der Waals surface area contributed by atoms with Crippen LogP contribution in [0.1, 0.15) is 21.5 Å². The molecule has 0 atom stereocenters. The molecule has 0 aromatic heterocycles. The van der Waals surface area contributed by atoms with Crippen molar-refractivity contribution in [3.8, 4) is 0 Å². The van der Waals surface area contributed by atoms with Crippen LogP contribution in [0.3, 0.4) is 0 Å². The molecule has 3 aromatic carbocycles. The average molecular weight is 472 g/mol. The number of nitro benzene ring substituents is 1. The van der Waals surface area contributed by atoms with Crippen molar-refractivity contribution in [3.63, 3.8) is 0 Å². The molecule has 0 saturated carbocycles. The van der Waals surface area contributed by atoms with Crippen LogP contribution in [-0.2, 0) is 0 Å². The van der Waals surface area contributed by atoms with Crippen LogP contribution < -0.4 is 10.6 Å². The predicted octanol–water partition coefficient (Wildman–Crippen LogP) is 6.36. The van der Waals surface area contributed by atoms with Crippen LogP contribution in [0.5, 0.6) is 0 Å². The van der Waals surface area contributed by atoms with Gasteiger partial charge in [-0.2, -0.15) is 0 Å². The lowest BCUT2D eigenvalue weighted by molar-refractivity contribution is -0.387. The van der Waals surface area contributed by atoms with Crippen LogP contribution in [0, 0.1) is 24.0 Å². The molecule has 0 fully saturated rings. The van der Waals surface area contributed by atoms with Crippen molar-refractivity contribution in [1.29, 1.82) is 0 Å². The van der Waals surface area contributed by atoms with Crippen LogP contribution in [0.25, 0.3) is 0 Å². The zero-order valence-electron chi connectivity index (χ0n) is 17.0. The molecular formula is C22H18ClN3O5S. The van der Waals surface area contributed by atoms with Gasteiger partial charge in [-0.1, -0.05) is 23.4 Å². The largest absolute Gasteiger partial charge is 0.465 e. The Hall–Kier alpha value is -3.56. The Kier molecular flexibility index (Phi) is 7.01. The fraction of sp³-hybridized carbons (Fsp3) is 0.0909. The Labute approximate surface area is 192 Å². The summed E-state index contributed by atoms with van der Waals surface area (Å²) in [5, 5.41) is 26.0. The summed E-state index contributed by atoms with van der Waals surface area (Å²) >= 11 is 7.16. The molecule has 0 aliphatic heterocycles. The molecule has 3 N–H and O–H groups in total. The number of anilines is 2. The highest BCUT2D eigenvalue weighted by Crippen LogP contribution is 2.36. The number of hydrogen-bond acceptors (Lipinski definition) is 5. The summed E-state index contributed by atoms with van der Waals surface area (Å²) in [6, 6.07) is 14.1. The highest BCUT2D eigenvalue weighted by molar-refractivity contribution is 7.99. The van der Waals surface area contributed by atoms with Crippen molar-refractivity contribution in [3.05, 3.63) is 86.4 Å². The zero-order chi connectivity index (χ0) is 23.4. The fourth-order valence-electron chi connectivity index (χ4n) is 3.04. The fourth-order valence-corrected chi connectivity index (χ4v) is 4.27. The second-order valence-corrected chi connectivity index (χ2v) is 8.42. The van der Waals surface area contributed by atoms with E-state index in [0.717, 1.165) is 22.9 Å².